The van der Waals surface area contributed by atoms with Crippen LogP contribution in [-0.2, 0) is 0 Å². The van der Waals surface area contributed by atoms with E-state index in [-0.39, 0.29) is 36.0 Å². The molecule has 0 bridgehead atoms. The molecule has 0 radical (unpaired) electrons. The van der Waals surface area contributed by atoms with Crippen molar-refractivity contribution in [3.05, 3.63) is 154 Å². The minimum atomic E-state index is -4.32. The number of alkyl halides is 6. The number of nitrogens with zero attached hydrogens (tertiary/aromatic N) is 4. The Hall–Kier alpha value is -8.68. The van der Waals surface area contributed by atoms with Crippen molar-refractivity contribution in [2.45, 2.75) is 66.7 Å². The summed E-state index contributed by atoms with van der Waals surface area (Å²) in [6.45, 7) is 11.1. The summed E-state index contributed by atoms with van der Waals surface area (Å²) in [4.78, 5) is 56.5. The maximum absolute atomic E-state index is 12.9. The van der Waals surface area contributed by atoms with Gasteiger partial charge in [0.25, 0.3) is 11.8 Å². The van der Waals surface area contributed by atoms with E-state index in [4.69, 9.17) is 0 Å². The fraction of sp³-hybridized carbons (Fsp3) is 0.250. The number of nitrogens with one attached hydrogen (secondary N) is 4. The van der Waals surface area contributed by atoms with Crippen LogP contribution in [0.15, 0.2) is 110 Å². The highest BCUT2D eigenvalue weighted by atomic mass is 19.4. The van der Waals surface area contributed by atoms with Crippen LogP contribution in [0.2, 0.25) is 0 Å². The number of carbonyl (C=O) groups excluding carboxylic acids is 2. The minimum Gasteiger partial charge on any atom is -0.478 e. The first-order chi connectivity index (χ1) is 36.0. The van der Waals surface area contributed by atoms with Gasteiger partial charge in [-0.1, -0.05) is 36.4 Å². The molecule has 76 heavy (non-hydrogen) atoms. The fourth-order valence-corrected chi connectivity index (χ4v) is 8.69. The molecule has 20 heteroatoms. The molecule has 8 rings (SSSR count). The van der Waals surface area contributed by atoms with Crippen LogP contribution in [0.25, 0.3) is 56.1 Å². The number of aryl methyl sites for hydroxylation is 4. The number of fused-ring (bicyclic) bond motifs is 2. The van der Waals surface area contributed by atoms with E-state index in [9.17, 15) is 55.7 Å². The van der Waals surface area contributed by atoms with Gasteiger partial charge in [0.15, 0.2) is 11.3 Å². The van der Waals surface area contributed by atoms with Gasteiger partial charge in [-0.05, 0) is 123 Å². The van der Waals surface area contributed by atoms with E-state index in [2.05, 4.69) is 31.2 Å². The number of carbonyl (C=O) groups is 4. The van der Waals surface area contributed by atoms with Crippen molar-refractivity contribution < 1.29 is 55.7 Å². The number of hydrogen-bond acceptors (Lipinski definition) is 8. The van der Waals surface area contributed by atoms with E-state index in [1.54, 1.807) is 85.4 Å². The van der Waals surface area contributed by atoms with E-state index < -0.39 is 37.1 Å². The second-order valence-corrected chi connectivity index (χ2v) is 18.0. The minimum absolute atomic E-state index is 0.153. The van der Waals surface area contributed by atoms with Crippen molar-refractivity contribution in [2.24, 2.45) is 0 Å². The maximum atomic E-state index is 12.9. The third kappa shape index (κ3) is 12.8. The lowest BCUT2D eigenvalue weighted by Gasteiger charge is -2.15. The molecule has 0 saturated carbocycles. The zero-order valence-electron chi connectivity index (χ0n) is 42.2. The van der Waals surface area contributed by atoms with E-state index in [0.29, 0.717) is 80.4 Å². The molecule has 4 heterocycles. The number of carboxylic acids is 2. The second-order valence-electron chi connectivity index (χ2n) is 18.0. The Kier molecular flexibility index (Phi) is 16.5. The number of aromatic nitrogens is 4. The molecular formula is C56H54F6N8O6. The number of hydrogen-bond donors (Lipinski definition) is 6. The number of rotatable bonds is 16. The molecule has 396 valence electrons. The lowest BCUT2D eigenvalue weighted by Crippen LogP contribution is -2.23. The number of amides is 2. The largest absolute Gasteiger partial charge is 0.478 e. The van der Waals surface area contributed by atoms with Gasteiger partial charge >= 0.3 is 24.3 Å². The summed E-state index contributed by atoms with van der Waals surface area (Å²) >= 11 is 0. The first-order valence-electron chi connectivity index (χ1n) is 24.1. The average molecular weight is 1050 g/mol. The summed E-state index contributed by atoms with van der Waals surface area (Å²) in [7, 11) is 0. The molecule has 14 nitrogen and oxygen atoms in total. The van der Waals surface area contributed by atoms with Crippen LogP contribution >= 0.6 is 0 Å². The van der Waals surface area contributed by atoms with Crippen LogP contribution in [0.3, 0.4) is 0 Å². The van der Waals surface area contributed by atoms with E-state index in [0.717, 1.165) is 33.5 Å². The van der Waals surface area contributed by atoms with Gasteiger partial charge in [0.05, 0.1) is 59.1 Å². The lowest BCUT2D eigenvalue weighted by atomic mass is 10.00. The topological polar surface area (TPSA) is 191 Å². The Morgan fingerprint density at radius 1 is 0.487 bits per heavy atom. The van der Waals surface area contributed by atoms with Crippen molar-refractivity contribution in [3.8, 4) is 44.8 Å². The Labute approximate surface area is 432 Å². The van der Waals surface area contributed by atoms with Crippen LogP contribution in [0.4, 0.5) is 37.7 Å². The smallest absolute Gasteiger partial charge is 0.390 e. The molecule has 0 aliphatic carbocycles. The third-order valence-electron chi connectivity index (χ3n) is 12.4. The van der Waals surface area contributed by atoms with Gasteiger partial charge in [-0.2, -0.15) is 26.3 Å². The highest BCUT2D eigenvalue weighted by molar-refractivity contribution is 5.97. The Balaban J connectivity index is 0.000000222. The highest BCUT2D eigenvalue weighted by Gasteiger charge is 2.28. The molecule has 4 aromatic carbocycles. The number of pyridine rings is 2. The third-order valence-corrected chi connectivity index (χ3v) is 12.4. The standard InChI is InChI=1S/C30H32F3N5O2.C26H22F3N3O4/c1-5-34-28(39)23-9-7-20(13-18(23)3)22-15-25(36-12-11-30(31,32)33)27-37-16-26(38(27)17-22)21-8-10-24(19(4)14-21)29(40)35-6-2;1-14-9-16(3-5-19(14)24(33)34)18-11-21(30-8-7-26(27,28)29)23-31-12-22(32(23)13-18)17-4-6-20(25(35)36)15(2)10-17/h7-10,13-17,36H,5-6,11-12H2,1-4H3,(H,34,39)(H,35,40);3-6,9-13,30H,7-8H2,1-2H3,(H,33,34)(H,35,36). The summed E-state index contributed by atoms with van der Waals surface area (Å²) in [5, 5.41) is 30.0. The average Bonchev–Trinajstić information content (AvgIpc) is 4.00. The summed E-state index contributed by atoms with van der Waals surface area (Å²) in [6.07, 6.45) is -3.76. The molecule has 4 aromatic heterocycles. The van der Waals surface area contributed by atoms with Crippen molar-refractivity contribution in [1.82, 2.24) is 29.4 Å². The molecule has 0 saturated heterocycles. The molecule has 2 amide bonds. The van der Waals surface area contributed by atoms with Crippen LogP contribution in [-0.4, -0.2) is 91.3 Å². The number of halogens is 6. The van der Waals surface area contributed by atoms with Crippen molar-refractivity contribution in [2.75, 3.05) is 36.8 Å². The monoisotopic (exact) mass is 1050 g/mol. The Morgan fingerprint density at radius 3 is 1.13 bits per heavy atom. The predicted molar refractivity (Wildman–Crippen MR) is 279 cm³/mol. The summed E-state index contributed by atoms with van der Waals surface area (Å²) < 4.78 is 80.5. The van der Waals surface area contributed by atoms with Gasteiger partial charge in [0, 0.05) is 72.0 Å². The quantitative estimate of drug-likeness (QED) is 0.0508. The molecule has 0 aliphatic heterocycles. The van der Waals surface area contributed by atoms with Crippen molar-refractivity contribution >= 4 is 46.4 Å². The van der Waals surface area contributed by atoms with Crippen LogP contribution in [0.5, 0.6) is 0 Å². The van der Waals surface area contributed by atoms with E-state index >= 15 is 0 Å². The number of aromatic carboxylic acids is 2. The van der Waals surface area contributed by atoms with Gasteiger partial charge < -0.3 is 31.5 Å². The van der Waals surface area contributed by atoms with Gasteiger partial charge in [0.2, 0.25) is 0 Å². The van der Waals surface area contributed by atoms with Gasteiger partial charge in [-0.3, -0.25) is 18.4 Å². The SMILES string of the molecule is CCNC(=O)c1ccc(-c2cc(NCCC(F)(F)F)c3ncc(-c4ccc(C(=O)NCC)c(C)c4)n3c2)cc1C.Cc1cc(-c2cc(NCCC(F)(F)F)c3ncc(-c4ccc(C(=O)O)c(C)c4)n3c2)ccc1C(=O)O. The number of imidazole rings is 2. The number of anilines is 2. The molecule has 0 aliphatic rings. The first kappa shape index (κ1) is 55.1. The van der Waals surface area contributed by atoms with Crippen molar-refractivity contribution in [1.29, 1.82) is 0 Å². The summed E-state index contributed by atoms with van der Waals surface area (Å²) in [5.41, 5.74) is 11.5. The first-order valence-corrected chi connectivity index (χ1v) is 24.1. The number of carboxylic acid groups (broad SMARTS) is 2. The second kappa shape index (κ2) is 22.8. The van der Waals surface area contributed by atoms with Crippen LogP contribution in [0.1, 0.15) is 90.4 Å². The van der Waals surface area contributed by atoms with Gasteiger partial charge in [-0.15, -0.1) is 0 Å². The van der Waals surface area contributed by atoms with E-state index in [1.807, 2.05) is 62.6 Å². The summed E-state index contributed by atoms with van der Waals surface area (Å²) in [6, 6.07) is 24.0. The van der Waals surface area contributed by atoms with E-state index in [1.165, 1.54) is 12.1 Å². The number of benzene rings is 4. The van der Waals surface area contributed by atoms with Crippen LogP contribution < -0.4 is 21.3 Å². The molecule has 0 atom stereocenters. The molecule has 0 unspecified atom stereocenters. The maximum Gasteiger partial charge on any atom is 0.390 e. The Bertz CT molecular complexity index is 3510. The summed E-state index contributed by atoms with van der Waals surface area (Å²) in [5.74, 6) is -2.42. The molecule has 0 fully saturated rings. The molecule has 8 aromatic rings. The Morgan fingerprint density at radius 2 is 0.816 bits per heavy atom. The normalized spacial score (nSPS) is 11.5. The zero-order valence-corrected chi connectivity index (χ0v) is 42.2. The molecule has 0 spiro atoms. The van der Waals surface area contributed by atoms with Gasteiger partial charge in [0.1, 0.15) is 0 Å². The lowest BCUT2D eigenvalue weighted by molar-refractivity contribution is -0.132. The predicted octanol–water partition coefficient (Wildman–Crippen LogP) is 12.2. The molecule has 6 N–H and O–H groups in total. The fourth-order valence-electron chi connectivity index (χ4n) is 8.69. The van der Waals surface area contributed by atoms with Gasteiger partial charge in [-0.25, -0.2) is 19.6 Å². The van der Waals surface area contributed by atoms with Crippen molar-refractivity contribution in [3.63, 3.8) is 0 Å². The van der Waals surface area contributed by atoms with Crippen LogP contribution in [0, 0.1) is 27.7 Å². The molecular weight excluding hydrogens is 995 g/mol. The highest BCUT2D eigenvalue weighted by Crippen LogP contribution is 2.35. The zero-order chi connectivity index (χ0) is 55.2.